The normalized spacial score (nSPS) is 17.5. The van der Waals surface area contributed by atoms with Crippen molar-refractivity contribution in [2.75, 3.05) is 6.61 Å². The molecule has 1 heterocycles. The van der Waals surface area contributed by atoms with Crippen molar-refractivity contribution in [1.82, 2.24) is 0 Å². The Balaban J connectivity index is 1.95. The van der Waals surface area contributed by atoms with Gasteiger partial charge in [0.1, 0.15) is 5.75 Å². The van der Waals surface area contributed by atoms with Gasteiger partial charge in [0.2, 0.25) is 0 Å². The lowest BCUT2D eigenvalue weighted by atomic mass is 9.85. The van der Waals surface area contributed by atoms with Crippen LogP contribution >= 0.6 is 15.9 Å². The van der Waals surface area contributed by atoms with Gasteiger partial charge in [-0.1, -0.05) is 67.0 Å². The summed E-state index contributed by atoms with van der Waals surface area (Å²) >= 11 is 3.65. The van der Waals surface area contributed by atoms with E-state index in [-0.39, 0.29) is 11.5 Å². The van der Waals surface area contributed by atoms with Crippen molar-refractivity contribution in [3.05, 3.63) is 63.6 Å². The van der Waals surface area contributed by atoms with Gasteiger partial charge in [0.25, 0.3) is 0 Å². The van der Waals surface area contributed by atoms with Crippen molar-refractivity contribution in [1.29, 1.82) is 0 Å². The quantitative estimate of drug-likeness (QED) is 0.576. The molecular weight excluding hydrogens is 374 g/mol. The van der Waals surface area contributed by atoms with Gasteiger partial charge >= 0.3 is 0 Å². The summed E-state index contributed by atoms with van der Waals surface area (Å²) in [5.41, 5.74) is 5.00. The molecule has 0 N–H and O–H groups in total. The van der Waals surface area contributed by atoms with Crippen molar-refractivity contribution in [2.45, 2.75) is 52.0 Å². The van der Waals surface area contributed by atoms with Gasteiger partial charge in [0.15, 0.2) is 0 Å². The summed E-state index contributed by atoms with van der Waals surface area (Å²) in [5, 5.41) is 0. The summed E-state index contributed by atoms with van der Waals surface area (Å²) < 4.78 is 7.08. The van der Waals surface area contributed by atoms with E-state index in [1.807, 2.05) is 13.0 Å². The zero-order chi connectivity index (χ0) is 18.0. The Kier molecular flexibility index (Phi) is 5.33. The summed E-state index contributed by atoms with van der Waals surface area (Å²) in [6.07, 6.45) is 2.03. The first-order chi connectivity index (χ1) is 11.9. The first-order valence-electron chi connectivity index (χ1n) is 8.99. The lowest BCUT2D eigenvalue weighted by Crippen LogP contribution is -2.12. The molecule has 1 aliphatic rings. The van der Waals surface area contributed by atoms with Crippen LogP contribution < -0.4 is 4.74 Å². The molecule has 0 aromatic heterocycles. The zero-order valence-corrected chi connectivity index (χ0v) is 17.1. The minimum absolute atomic E-state index is 0.114. The Morgan fingerprint density at radius 3 is 2.60 bits per heavy atom. The number of nitrogens with zero attached hydrogens (tertiary/aromatic N) is 1. The highest BCUT2D eigenvalue weighted by Crippen LogP contribution is 2.39. The summed E-state index contributed by atoms with van der Waals surface area (Å²) in [6, 6.07) is 15.1. The second kappa shape index (κ2) is 7.33. The van der Waals surface area contributed by atoms with Gasteiger partial charge in [-0.25, -0.2) is 0 Å². The molecule has 2 aromatic carbocycles. The maximum Gasteiger partial charge on any atom is 0.124 e. The van der Waals surface area contributed by atoms with Crippen LogP contribution in [0.15, 0.2) is 51.9 Å². The van der Waals surface area contributed by atoms with Gasteiger partial charge in [-0.15, -0.1) is 0 Å². The minimum atomic E-state index is 0.114. The first-order valence-corrected chi connectivity index (χ1v) is 9.78. The number of halogens is 1. The molecule has 0 radical (unpaired) electrons. The largest absolute Gasteiger partial charge is 0.494 e. The maximum absolute atomic E-state index is 5.97. The van der Waals surface area contributed by atoms with Gasteiger partial charge in [0.05, 0.1) is 12.6 Å². The van der Waals surface area contributed by atoms with Crippen LogP contribution in [-0.2, 0) is 5.41 Å². The second-order valence-corrected chi connectivity index (χ2v) is 8.40. The summed E-state index contributed by atoms with van der Waals surface area (Å²) in [6.45, 7) is 9.41. The van der Waals surface area contributed by atoms with E-state index in [0.29, 0.717) is 6.61 Å². The molecule has 0 aliphatic carbocycles. The van der Waals surface area contributed by atoms with E-state index < -0.39 is 0 Å². The van der Waals surface area contributed by atoms with Crippen LogP contribution in [0.1, 0.15) is 63.3 Å². The highest BCUT2D eigenvalue weighted by Gasteiger charge is 2.25. The van der Waals surface area contributed by atoms with E-state index in [9.17, 15) is 0 Å². The van der Waals surface area contributed by atoms with Crippen LogP contribution in [0.3, 0.4) is 0 Å². The smallest absolute Gasteiger partial charge is 0.124 e. The Labute approximate surface area is 159 Å². The molecule has 3 heteroatoms. The average Bonchev–Trinajstić information content (AvgIpc) is 3.04. The van der Waals surface area contributed by atoms with E-state index in [0.717, 1.165) is 23.1 Å². The third kappa shape index (κ3) is 3.98. The molecule has 0 saturated carbocycles. The summed E-state index contributed by atoms with van der Waals surface area (Å²) in [7, 11) is 0. The van der Waals surface area contributed by atoms with E-state index in [1.54, 1.807) is 0 Å². The lowest BCUT2D eigenvalue weighted by molar-refractivity contribution is 0.333. The molecule has 0 spiro atoms. The fourth-order valence-corrected chi connectivity index (χ4v) is 3.79. The number of aliphatic imine (C=N–C) groups is 1. The van der Waals surface area contributed by atoms with Crippen LogP contribution in [-0.4, -0.2) is 12.3 Å². The molecule has 2 nitrogen and oxygen atoms in total. The Morgan fingerprint density at radius 1 is 1.16 bits per heavy atom. The van der Waals surface area contributed by atoms with Crippen molar-refractivity contribution >= 4 is 21.6 Å². The second-order valence-electron chi connectivity index (χ2n) is 7.55. The van der Waals surface area contributed by atoms with Crippen LogP contribution in [0.2, 0.25) is 0 Å². The molecule has 1 atom stereocenters. The van der Waals surface area contributed by atoms with Crippen LogP contribution in [0.5, 0.6) is 5.75 Å². The first kappa shape index (κ1) is 18.2. The van der Waals surface area contributed by atoms with Crippen LogP contribution in [0.4, 0.5) is 0 Å². The fourth-order valence-electron chi connectivity index (χ4n) is 3.27. The highest BCUT2D eigenvalue weighted by atomic mass is 79.9. The lowest BCUT2D eigenvalue weighted by Gasteiger charge is -2.22. The summed E-state index contributed by atoms with van der Waals surface area (Å²) in [4.78, 5) is 5.03. The molecule has 2 aromatic rings. The zero-order valence-electron chi connectivity index (χ0n) is 15.5. The average molecular weight is 400 g/mol. The van der Waals surface area contributed by atoms with E-state index in [4.69, 9.17) is 9.73 Å². The van der Waals surface area contributed by atoms with Crippen LogP contribution in [0.25, 0.3) is 0 Å². The highest BCUT2D eigenvalue weighted by molar-refractivity contribution is 9.10. The van der Waals surface area contributed by atoms with Crippen LogP contribution in [0, 0.1) is 0 Å². The number of benzene rings is 2. The molecule has 3 rings (SSSR count). The fraction of sp³-hybridized carbons (Fsp3) is 0.409. The molecule has 0 fully saturated rings. The Hall–Kier alpha value is -1.61. The van der Waals surface area contributed by atoms with E-state index in [1.165, 1.54) is 22.4 Å². The Bertz CT molecular complexity index is 789. The van der Waals surface area contributed by atoms with Crippen molar-refractivity contribution in [2.24, 2.45) is 4.99 Å². The molecule has 0 bridgehead atoms. The third-order valence-electron chi connectivity index (χ3n) is 4.69. The number of hydrogen-bond donors (Lipinski definition) is 0. The van der Waals surface area contributed by atoms with Crippen molar-refractivity contribution in [3.63, 3.8) is 0 Å². The topological polar surface area (TPSA) is 21.6 Å². The number of hydrogen-bond acceptors (Lipinski definition) is 2. The monoisotopic (exact) mass is 399 g/mol. The van der Waals surface area contributed by atoms with E-state index >= 15 is 0 Å². The van der Waals surface area contributed by atoms with Crippen molar-refractivity contribution < 1.29 is 4.74 Å². The minimum Gasteiger partial charge on any atom is -0.494 e. The molecular formula is C22H26BrNO. The standard InChI is InChI=1S/C22H26BrNO/c1-5-25-21-14-15(22(2,3)4)10-11-17(21)20-13-12-19(24-20)16-8-6-7-9-18(16)23/h6-11,14,20H,5,12-13H2,1-4H3. The predicted octanol–water partition coefficient (Wildman–Crippen LogP) is 6.47. The van der Waals surface area contributed by atoms with Crippen molar-refractivity contribution in [3.8, 4) is 5.75 Å². The molecule has 0 amide bonds. The Morgan fingerprint density at radius 2 is 1.92 bits per heavy atom. The number of ether oxygens (including phenoxy) is 1. The predicted molar refractivity (Wildman–Crippen MR) is 109 cm³/mol. The molecule has 1 aliphatic heterocycles. The molecule has 1 unspecified atom stereocenters. The van der Waals surface area contributed by atoms with Gasteiger partial charge in [0, 0.05) is 21.3 Å². The van der Waals surface area contributed by atoms with Gasteiger partial charge in [-0.2, -0.15) is 0 Å². The van der Waals surface area contributed by atoms with Gasteiger partial charge < -0.3 is 4.74 Å². The molecule has 25 heavy (non-hydrogen) atoms. The SMILES string of the molecule is CCOc1cc(C(C)(C)C)ccc1C1CCC(c2ccccc2Br)=N1. The number of rotatable bonds is 4. The molecule has 0 saturated heterocycles. The van der Waals surface area contributed by atoms with Gasteiger partial charge in [-0.05, 0) is 42.9 Å². The summed E-state index contributed by atoms with van der Waals surface area (Å²) in [5.74, 6) is 0.983. The van der Waals surface area contributed by atoms with Gasteiger partial charge in [-0.3, -0.25) is 4.99 Å². The third-order valence-corrected chi connectivity index (χ3v) is 5.38. The molecule has 132 valence electrons. The maximum atomic E-state index is 5.97. The van der Waals surface area contributed by atoms with E-state index in [2.05, 4.69) is 73.1 Å².